The van der Waals surface area contributed by atoms with Gasteiger partial charge in [0.15, 0.2) is 5.17 Å². The number of carbonyl (C=O) groups is 1. The summed E-state index contributed by atoms with van der Waals surface area (Å²) in [6.45, 7) is 6.91. The van der Waals surface area contributed by atoms with E-state index < -0.39 is 4.92 Å². The minimum Gasteiger partial charge on any atom is -0.457 e. The highest BCUT2D eigenvalue weighted by Gasteiger charge is 2.60. The Morgan fingerprint density at radius 2 is 2.06 bits per heavy atom. The quantitative estimate of drug-likeness (QED) is 0.359. The Kier molecular flexibility index (Phi) is 5.04. The standard InChI is InChI=1S/C24H24N4O4S/c1-23(2)15-9-10-24(23,3)20(12-15)26-27-22-25-21(29)19(33-22)13-17-7-8-18(32-17)14-5-4-6-16(11-14)28(30)31/h4-8,11,13,15H,9-10,12H2,1-3H3,(H,25,27,29)/b19-13-,26-20+. The zero-order valence-electron chi connectivity index (χ0n) is 18.6. The molecule has 2 aliphatic carbocycles. The van der Waals surface area contributed by atoms with Gasteiger partial charge in [-0.05, 0) is 54.5 Å². The second-order valence-electron chi connectivity index (χ2n) is 9.52. The SMILES string of the molecule is CC12CCC(C/C1=N\N=C1/NC(=O)/C(=C/c3ccc(-c4cccc([N+](=O)[O-])c4)o3)S1)C2(C)C. The summed E-state index contributed by atoms with van der Waals surface area (Å²) in [5.74, 6) is 1.35. The molecule has 3 fully saturated rings. The number of furan rings is 1. The monoisotopic (exact) mass is 464 g/mol. The molecular weight excluding hydrogens is 440 g/mol. The lowest BCUT2D eigenvalue weighted by atomic mass is 9.70. The molecule has 2 saturated carbocycles. The maximum absolute atomic E-state index is 12.4. The molecule has 1 aromatic carbocycles. The number of nitrogens with zero attached hydrogens (tertiary/aromatic N) is 3. The summed E-state index contributed by atoms with van der Waals surface area (Å²) in [5.41, 5.74) is 1.99. The summed E-state index contributed by atoms with van der Waals surface area (Å²) >= 11 is 1.22. The molecule has 0 spiro atoms. The van der Waals surface area contributed by atoms with Crippen molar-refractivity contribution >= 4 is 40.3 Å². The summed E-state index contributed by atoms with van der Waals surface area (Å²) in [4.78, 5) is 23.4. The van der Waals surface area contributed by atoms with Crippen LogP contribution in [0, 0.1) is 26.9 Å². The van der Waals surface area contributed by atoms with Crippen LogP contribution in [0.4, 0.5) is 5.69 Å². The van der Waals surface area contributed by atoms with Crippen molar-refractivity contribution < 1.29 is 14.1 Å². The van der Waals surface area contributed by atoms with Crippen molar-refractivity contribution in [3.05, 3.63) is 57.2 Å². The molecule has 1 aliphatic heterocycles. The molecule has 8 nitrogen and oxygen atoms in total. The average Bonchev–Trinajstić information content (AvgIpc) is 3.48. The number of carbonyl (C=O) groups excluding carboxylic acids is 1. The molecule has 2 aromatic rings. The summed E-state index contributed by atoms with van der Waals surface area (Å²) < 4.78 is 5.80. The Hall–Kier alpha value is -3.20. The van der Waals surface area contributed by atoms with Crippen LogP contribution in [0.5, 0.6) is 0 Å². The van der Waals surface area contributed by atoms with E-state index in [1.165, 1.54) is 30.3 Å². The van der Waals surface area contributed by atoms with Crippen LogP contribution < -0.4 is 5.32 Å². The van der Waals surface area contributed by atoms with Gasteiger partial charge in [0.05, 0.1) is 9.83 Å². The van der Waals surface area contributed by atoms with Gasteiger partial charge in [0, 0.05) is 34.9 Å². The van der Waals surface area contributed by atoms with Gasteiger partial charge in [-0.1, -0.05) is 32.9 Å². The van der Waals surface area contributed by atoms with Crippen LogP contribution in [-0.2, 0) is 4.79 Å². The molecule has 2 unspecified atom stereocenters. The van der Waals surface area contributed by atoms with E-state index in [1.807, 2.05) is 0 Å². The molecule has 170 valence electrons. The van der Waals surface area contributed by atoms with Crippen molar-refractivity contribution in [1.29, 1.82) is 0 Å². The van der Waals surface area contributed by atoms with Crippen LogP contribution in [0.3, 0.4) is 0 Å². The predicted octanol–water partition coefficient (Wildman–Crippen LogP) is 5.62. The van der Waals surface area contributed by atoms with Crippen LogP contribution in [0.1, 0.15) is 45.8 Å². The molecule has 1 N–H and O–H groups in total. The second kappa shape index (κ2) is 7.69. The minimum absolute atomic E-state index is 0.00950. The number of hydrogen-bond acceptors (Lipinski definition) is 7. The summed E-state index contributed by atoms with van der Waals surface area (Å²) in [7, 11) is 0. The van der Waals surface area contributed by atoms with Gasteiger partial charge in [-0.15, -0.1) is 5.10 Å². The summed E-state index contributed by atoms with van der Waals surface area (Å²) in [6.07, 6.45) is 4.97. The van der Waals surface area contributed by atoms with Crippen molar-refractivity contribution in [1.82, 2.24) is 5.32 Å². The van der Waals surface area contributed by atoms with E-state index in [0.717, 1.165) is 18.6 Å². The Morgan fingerprint density at radius 1 is 1.24 bits per heavy atom. The lowest BCUT2D eigenvalue weighted by Gasteiger charge is -2.34. The van der Waals surface area contributed by atoms with E-state index in [-0.39, 0.29) is 22.4 Å². The third-order valence-electron chi connectivity index (χ3n) is 7.67. The normalized spacial score (nSPS) is 29.4. The van der Waals surface area contributed by atoms with E-state index in [2.05, 4.69) is 36.3 Å². The number of nitro groups is 1. The van der Waals surface area contributed by atoms with Crippen molar-refractivity contribution in [3.8, 4) is 11.3 Å². The maximum atomic E-state index is 12.4. The van der Waals surface area contributed by atoms with E-state index in [9.17, 15) is 14.9 Å². The minimum atomic E-state index is -0.447. The van der Waals surface area contributed by atoms with Gasteiger partial charge in [0.2, 0.25) is 0 Å². The largest absolute Gasteiger partial charge is 0.457 e. The van der Waals surface area contributed by atoms with Gasteiger partial charge >= 0.3 is 0 Å². The first-order valence-electron chi connectivity index (χ1n) is 10.9. The van der Waals surface area contributed by atoms with Crippen LogP contribution in [-0.4, -0.2) is 21.7 Å². The Bertz CT molecular complexity index is 1260. The van der Waals surface area contributed by atoms with Crippen LogP contribution in [0.25, 0.3) is 17.4 Å². The zero-order chi connectivity index (χ0) is 23.4. The molecule has 1 amide bonds. The highest BCUT2D eigenvalue weighted by Crippen LogP contribution is 2.64. The van der Waals surface area contributed by atoms with Crippen molar-refractivity contribution in [2.45, 2.75) is 40.0 Å². The third-order valence-corrected chi connectivity index (χ3v) is 8.57. The van der Waals surface area contributed by atoms with Crippen LogP contribution in [0.15, 0.2) is 55.9 Å². The molecule has 1 aromatic heterocycles. The number of hydrogen-bond donors (Lipinski definition) is 1. The molecule has 2 atom stereocenters. The highest BCUT2D eigenvalue weighted by atomic mass is 32.2. The lowest BCUT2D eigenvalue weighted by Crippen LogP contribution is -2.32. The molecular formula is C24H24N4O4S. The Labute approximate surface area is 195 Å². The van der Waals surface area contributed by atoms with E-state index in [4.69, 9.17) is 4.42 Å². The maximum Gasteiger partial charge on any atom is 0.270 e. The van der Waals surface area contributed by atoms with E-state index >= 15 is 0 Å². The fourth-order valence-electron chi connectivity index (χ4n) is 5.15. The van der Waals surface area contributed by atoms with Crippen molar-refractivity contribution in [3.63, 3.8) is 0 Å². The molecule has 2 heterocycles. The number of thioether (sulfide) groups is 1. The van der Waals surface area contributed by atoms with Crippen molar-refractivity contribution in [2.24, 2.45) is 27.0 Å². The number of nitro benzene ring substituents is 1. The zero-order valence-corrected chi connectivity index (χ0v) is 19.4. The number of nitrogens with one attached hydrogen (secondary N) is 1. The molecule has 0 radical (unpaired) electrons. The van der Waals surface area contributed by atoms with E-state index in [1.54, 1.807) is 30.3 Å². The predicted molar refractivity (Wildman–Crippen MR) is 129 cm³/mol. The number of amidine groups is 1. The van der Waals surface area contributed by atoms with E-state index in [0.29, 0.717) is 33.1 Å². The number of benzene rings is 1. The number of non-ortho nitro benzene ring substituents is 1. The van der Waals surface area contributed by atoms with Gasteiger partial charge in [-0.2, -0.15) is 5.10 Å². The number of rotatable bonds is 4. The fraction of sp³-hybridized carbons (Fsp3) is 0.375. The summed E-state index contributed by atoms with van der Waals surface area (Å²) in [6, 6.07) is 9.67. The van der Waals surface area contributed by atoms with Gasteiger partial charge in [0.1, 0.15) is 11.5 Å². The van der Waals surface area contributed by atoms with Gasteiger partial charge < -0.3 is 4.42 Å². The lowest BCUT2D eigenvalue weighted by molar-refractivity contribution is -0.384. The first-order valence-corrected chi connectivity index (χ1v) is 11.7. The molecule has 1 saturated heterocycles. The molecule has 5 rings (SSSR count). The third kappa shape index (κ3) is 3.60. The molecule has 2 bridgehead atoms. The summed E-state index contributed by atoms with van der Waals surface area (Å²) in [5, 5.41) is 23.1. The Morgan fingerprint density at radius 3 is 2.76 bits per heavy atom. The van der Waals surface area contributed by atoms with Crippen molar-refractivity contribution in [2.75, 3.05) is 0 Å². The second-order valence-corrected chi connectivity index (χ2v) is 10.6. The topological polar surface area (TPSA) is 110 Å². The van der Waals surface area contributed by atoms with Gasteiger partial charge in [-0.3, -0.25) is 20.2 Å². The first-order chi connectivity index (χ1) is 15.7. The smallest absolute Gasteiger partial charge is 0.270 e. The molecule has 33 heavy (non-hydrogen) atoms. The first kappa shape index (κ1) is 21.6. The van der Waals surface area contributed by atoms with Gasteiger partial charge in [0.25, 0.3) is 11.6 Å². The van der Waals surface area contributed by atoms with Gasteiger partial charge in [-0.25, -0.2) is 0 Å². The number of fused-ring (bicyclic) bond motifs is 2. The average molecular weight is 465 g/mol. The fourth-order valence-corrected chi connectivity index (χ4v) is 5.90. The molecule has 3 aliphatic rings. The Balaban J connectivity index is 1.33. The van der Waals surface area contributed by atoms with Crippen LogP contribution in [0.2, 0.25) is 0 Å². The highest BCUT2D eigenvalue weighted by molar-refractivity contribution is 8.18. The molecule has 9 heteroatoms. The number of amides is 1. The van der Waals surface area contributed by atoms with Crippen LogP contribution >= 0.6 is 11.8 Å².